The molecular formula is C23H36N4O6S. The van der Waals surface area contributed by atoms with Crippen LogP contribution in [0.15, 0.2) is 24.3 Å². The molecule has 0 fully saturated rings. The maximum atomic E-state index is 13.0. The molecule has 0 aliphatic heterocycles. The summed E-state index contributed by atoms with van der Waals surface area (Å²) in [4.78, 5) is 50.0. The summed E-state index contributed by atoms with van der Waals surface area (Å²) in [5.74, 6) is -3.44. The molecule has 1 aromatic rings. The van der Waals surface area contributed by atoms with Crippen molar-refractivity contribution in [2.75, 3.05) is 5.75 Å². The maximum absolute atomic E-state index is 13.0. The lowest BCUT2D eigenvalue weighted by Gasteiger charge is -2.29. The molecular weight excluding hydrogens is 460 g/mol. The van der Waals surface area contributed by atoms with E-state index in [1.807, 2.05) is 6.92 Å². The topological polar surface area (TPSA) is 171 Å². The Morgan fingerprint density at radius 3 is 1.94 bits per heavy atom. The molecule has 0 aromatic heterocycles. The minimum Gasteiger partial charge on any atom is -0.508 e. The van der Waals surface area contributed by atoms with Gasteiger partial charge in [-0.3, -0.25) is 14.4 Å². The van der Waals surface area contributed by atoms with Crippen LogP contribution >= 0.6 is 12.6 Å². The van der Waals surface area contributed by atoms with Crippen LogP contribution in [0.25, 0.3) is 0 Å². The van der Waals surface area contributed by atoms with Crippen molar-refractivity contribution in [3.63, 3.8) is 0 Å². The number of nitrogens with one attached hydrogen (secondary N) is 3. The number of hydrogen-bond acceptors (Lipinski definition) is 7. The molecule has 1 rings (SSSR count). The minimum atomic E-state index is -1.24. The first-order chi connectivity index (χ1) is 15.9. The highest BCUT2D eigenvalue weighted by Gasteiger charge is 2.33. The van der Waals surface area contributed by atoms with Gasteiger partial charge in [-0.15, -0.1) is 0 Å². The van der Waals surface area contributed by atoms with Crippen molar-refractivity contribution in [1.29, 1.82) is 0 Å². The molecule has 1 aromatic carbocycles. The normalized spacial score (nSPS) is 15.5. The van der Waals surface area contributed by atoms with Gasteiger partial charge in [-0.1, -0.05) is 46.2 Å². The molecule has 0 saturated heterocycles. The highest BCUT2D eigenvalue weighted by Crippen LogP contribution is 2.13. The standard InChI is InChI=1S/C23H36N4O6S/c1-5-13(4)19(27-20(29)16(24)11-34)22(31)26-18(12(2)3)21(30)25-17(23(32)33)10-14-6-8-15(28)9-7-14/h6-9,12-13,16-19,28,34H,5,10-11,24H2,1-4H3,(H,25,30)(H,26,31)(H,27,29)(H,32,33). The van der Waals surface area contributed by atoms with Crippen molar-refractivity contribution in [1.82, 2.24) is 16.0 Å². The maximum Gasteiger partial charge on any atom is 0.326 e. The first-order valence-corrected chi connectivity index (χ1v) is 11.8. The molecule has 7 N–H and O–H groups in total. The fourth-order valence-corrected chi connectivity index (χ4v) is 3.32. The highest BCUT2D eigenvalue weighted by atomic mass is 32.1. The molecule has 5 unspecified atom stereocenters. The molecule has 0 aliphatic rings. The number of carbonyl (C=O) groups is 4. The van der Waals surface area contributed by atoms with E-state index in [0.29, 0.717) is 12.0 Å². The second-order valence-corrected chi connectivity index (χ2v) is 9.03. The molecule has 0 aliphatic carbocycles. The molecule has 5 atom stereocenters. The van der Waals surface area contributed by atoms with Crippen molar-refractivity contribution in [2.24, 2.45) is 17.6 Å². The lowest BCUT2D eigenvalue weighted by Crippen LogP contribution is -2.60. The van der Waals surface area contributed by atoms with Gasteiger partial charge >= 0.3 is 5.97 Å². The summed E-state index contributed by atoms with van der Waals surface area (Å²) in [7, 11) is 0. The fourth-order valence-electron chi connectivity index (χ4n) is 3.15. The third-order valence-corrected chi connectivity index (χ3v) is 5.96. The Morgan fingerprint density at radius 2 is 1.47 bits per heavy atom. The number of nitrogens with two attached hydrogens (primary N) is 1. The van der Waals surface area contributed by atoms with E-state index in [2.05, 4.69) is 28.6 Å². The number of amides is 3. The van der Waals surface area contributed by atoms with E-state index in [9.17, 15) is 29.4 Å². The molecule has 0 heterocycles. The molecule has 0 spiro atoms. The summed E-state index contributed by atoms with van der Waals surface area (Å²) in [6.45, 7) is 7.09. The Bertz CT molecular complexity index is 848. The second-order valence-electron chi connectivity index (χ2n) is 8.66. The van der Waals surface area contributed by atoms with Gasteiger partial charge < -0.3 is 31.9 Å². The third kappa shape index (κ3) is 8.86. The van der Waals surface area contributed by atoms with Crippen LogP contribution < -0.4 is 21.7 Å². The van der Waals surface area contributed by atoms with Crippen LogP contribution in [0, 0.1) is 11.8 Å². The van der Waals surface area contributed by atoms with Gasteiger partial charge in [0.2, 0.25) is 17.7 Å². The molecule has 11 heteroatoms. The van der Waals surface area contributed by atoms with Crippen molar-refractivity contribution in [3.8, 4) is 5.75 Å². The Morgan fingerprint density at radius 1 is 0.941 bits per heavy atom. The summed E-state index contributed by atoms with van der Waals surface area (Å²) >= 11 is 4.00. The number of carboxylic acids is 1. The predicted octanol–water partition coefficient (Wildman–Crippen LogP) is 0.433. The van der Waals surface area contributed by atoms with E-state index < -0.39 is 47.9 Å². The number of phenols is 1. The van der Waals surface area contributed by atoms with Crippen molar-refractivity contribution >= 4 is 36.3 Å². The lowest BCUT2D eigenvalue weighted by molar-refractivity contribution is -0.142. The average molecular weight is 497 g/mol. The van der Waals surface area contributed by atoms with Crippen molar-refractivity contribution < 1.29 is 29.4 Å². The number of carbonyl (C=O) groups excluding carboxylic acids is 3. The zero-order valence-electron chi connectivity index (χ0n) is 19.9. The van der Waals surface area contributed by atoms with Crippen LogP contribution in [-0.4, -0.2) is 63.8 Å². The fraction of sp³-hybridized carbons (Fsp3) is 0.565. The Kier molecular flexibility index (Phi) is 11.9. The highest BCUT2D eigenvalue weighted by molar-refractivity contribution is 7.80. The van der Waals surface area contributed by atoms with Gasteiger partial charge in [-0.25, -0.2) is 4.79 Å². The van der Waals surface area contributed by atoms with E-state index >= 15 is 0 Å². The van der Waals surface area contributed by atoms with E-state index in [1.54, 1.807) is 32.9 Å². The molecule has 190 valence electrons. The van der Waals surface area contributed by atoms with Gasteiger partial charge in [0.15, 0.2) is 0 Å². The number of benzene rings is 1. The molecule has 0 bridgehead atoms. The minimum absolute atomic E-state index is 0.00666. The molecule has 3 amide bonds. The van der Waals surface area contributed by atoms with Gasteiger partial charge in [0.05, 0.1) is 6.04 Å². The summed E-state index contributed by atoms with van der Waals surface area (Å²) in [6, 6.07) is 1.90. The summed E-state index contributed by atoms with van der Waals surface area (Å²) < 4.78 is 0. The molecule has 0 radical (unpaired) electrons. The Hall–Kier alpha value is -2.79. The molecule has 10 nitrogen and oxygen atoms in total. The van der Waals surface area contributed by atoms with Gasteiger partial charge in [0.1, 0.15) is 23.9 Å². The van der Waals surface area contributed by atoms with Gasteiger partial charge in [0.25, 0.3) is 0 Å². The van der Waals surface area contributed by atoms with E-state index in [1.165, 1.54) is 12.1 Å². The number of phenolic OH excluding ortho intramolecular Hbond substituents is 1. The van der Waals surface area contributed by atoms with Crippen LogP contribution in [0.4, 0.5) is 0 Å². The summed E-state index contributed by atoms with van der Waals surface area (Å²) in [5, 5.41) is 26.8. The number of aromatic hydroxyl groups is 1. The molecule has 0 saturated carbocycles. The summed E-state index contributed by atoms with van der Waals surface area (Å²) in [6.07, 6.45) is 0.577. The third-order valence-electron chi connectivity index (χ3n) is 5.56. The van der Waals surface area contributed by atoms with E-state index in [4.69, 9.17) is 5.73 Å². The Balaban J connectivity index is 2.99. The Labute approximate surface area is 205 Å². The number of hydrogen-bond donors (Lipinski definition) is 7. The monoisotopic (exact) mass is 496 g/mol. The number of rotatable bonds is 13. The quantitative estimate of drug-likeness (QED) is 0.194. The smallest absolute Gasteiger partial charge is 0.326 e. The van der Waals surface area contributed by atoms with E-state index in [0.717, 1.165) is 0 Å². The van der Waals surface area contributed by atoms with Crippen LogP contribution in [0.2, 0.25) is 0 Å². The zero-order valence-corrected chi connectivity index (χ0v) is 20.8. The largest absolute Gasteiger partial charge is 0.508 e. The van der Waals surface area contributed by atoms with Crippen molar-refractivity contribution in [3.05, 3.63) is 29.8 Å². The van der Waals surface area contributed by atoms with Crippen molar-refractivity contribution in [2.45, 2.75) is 64.7 Å². The van der Waals surface area contributed by atoms with Crippen LogP contribution in [-0.2, 0) is 25.6 Å². The van der Waals surface area contributed by atoms with Crippen LogP contribution in [0.5, 0.6) is 5.75 Å². The molecule has 34 heavy (non-hydrogen) atoms. The van der Waals surface area contributed by atoms with Crippen LogP contribution in [0.3, 0.4) is 0 Å². The van der Waals surface area contributed by atoms with Gasteiger partial charge in [-0.05, 0) is 29.5 Å². The number of thiol groups is 1. The first kappa shape index (κ1) is 29.2. The number of carboxylic acid groups (broad SMARTS) is 1. The van der Waals surface area contributed by atoms with Gasteiger partial charge in [0, 0.05) is 12.2 Å². The zero-order chi connectivity index (χ0) is 26.0. The first-order valence-electron chi connectivity index (χ1n) is 11.2. The second kappa shape index (κ2) is 13.8. The summed E-state index contributed by atoms with van der Waals surface area (Å²) in [5.41, 5.74) is 6.31. The van der Waals surface area contributed by atoms with Gasteiger partial charge in [-0.2, -0.15) is 12.6 Å². The average Bonchev–Trinajstić information content (AvgIpc) is 2.79. The van der Waals surface area contributed by atoms with E-state index in [-0.39, 0.29) is 29.8 Å². The predicted molar refractivity (Wildman–Crippen MR) is 131 cm³/mol. The SMILES string of the molecule is CCC(C)C(NC(=O)C(N)CS)C(=O)NC(C(=O)NC(Cc1ccc(O)cc1)C(=O)O)C(C)C. The number of aliphatic carboxylic acids is 1. The lowest BCUT2D eigenvalue weighted by atomic mass is 9.96. The van der Waals surface area contributed by atoms with Crippen LogP contribution in [0.1, 0.15) is 39.7 Å².